The number of carbonyl (C=O) groups is 1. The third-order valence-electron chi connectivity index (χ3n) is 4.64. The van der Waals surface area contributed by atoms with Crippen molar-refractivity contribution in [1.29, 1.82) is 0 Å². The lowest BCUT2D eigenvalue weighted by Gasteiger charge is -2.27. The van der Waals surface area contributed by atoms with Crippen LogP contribution < -0.4 is 4.90 Å². The van der Waals surface area contributed by atoms with E-state index in [4.69, 9.17) is 9.15 Å². The van der Waals surface area contributed by atoms with Gasteiger partial charge < -0.3 is 9.15 Å². The Morgan fingerprint density at radius 1 is 1.38 bits per heavy atom. The predicted octanol–water partition coefficient (Wildman–Crippen LogP) is 1.87. The fraction of sp³-hybridized carbons (Fsp3) is 0.389. The van der Waals surface area contributed by atoms with Crippen molar-refractivity contribution in [2.45, 2.75) is 19.8 Å². The SMILES string of the molecule is CCOC(=O)C1CCC[NH+](c2ncnc3c2oc2ccccc23)C1. The quantitative estimate of drug-likeness (QED) is 0.744. The maximum Gasteiger partial charge on any atom is 0.314 e. The molecule has 1 saturated heterocycles. The molecule has 0 aliphatic carbocycles. The van der Waals surface area contributed by atoms with Gasteiger partial charge in [0.1, 0.15) is 23.3 Å². The Morgan fingerprint density at radius 3 is 3.12 bits per heavy atom. The van der Waals surface area contributed by atoms with Gasteiger partial charge in [-0.25, -0.2) is 4.98 Å². The Balaban J connectivity index is 1.72. The molecule has 0 spiro atoms. The van der Waals surface area contributed by atoms with E-state index in [2.05, 4.69) is 9.97 Å². The van der Waals surface area contributed by atoms with Gasteiger partial charge in [-0.15, -0.1) is 0 Å². The molecule has 24 heavy (non-hydrogen) atoms. The monoisotopic (exact) mass is 326 g/mol. The van der Waals surface area contributed by atoms with Crippen LogP contribution in [0.1, 0.15) is 19.8 Å². The number of aromatic nitrogens is 2. The maximum absolute atomic E-state index is 12.1. The lowest BCUT2D eigenvalue weighted by atomic mass is 9.98. The zero-order valence-electron chi connectivity index (χ0n) is 13.6. The summed E-state index contributed by atoms with van der Waals surface area (Å²) in [6.45, 7) is 3.88. The van der Waals surface area contributed by atoms with E-state index < -0.39 is 0 Å². The fourth-order valence-electron chi connectivity index (χ4n) is 3.52. The lowest BCUT2D eigenvalue weighted by molar-refractivity contribution is -0.843. The number of nitrogens with zero attached hydrogens (tertiary/aromatic N) is 2. The van der Waals surface area contributed by atoms with Gasteiger partial charge in [-0.1, -0.05) is 12.1 Å². The van der Waals surface area contributed by atoms with Gasteiger partial charge in [0.05, 0.1) is 19.7 Å². The number of nitrogens with one attached hydrogen (secondary N) is 1. The highest BCUT2D eigenvalue weighted by atomic mass is 16.5. The summed E-state index contributed by atoms with van der Waals surface area (Å²) in [5, 5.41) is 0.995. The number of benzene rings is 1. The van der Waals surface area contributed by atoms with Crippen LogP contribution in [0, 0.1) is 5.92 Å². The van der Waals surface area contributed by atoms with Crippen LogP contribution in [0.25, 0.3) is 22.1 Å². The summed E-state index contributed by atoms with van der Waals surface area (Å²) in [5.41, 5.74) is 2.37. The third kappa shape index (κ3) is 2.53. The summed E-state index contributed by atoms with van der Waals surface area (Å²) in [6.07, 6.45) is 3.42. The van der Waals surface area contributed by atoms with Crippen molar-refractivity contribution in [3.05, 3.63) is 30.6 Å². The van der Waals surface area contributed by atoms with Gasteiger partial charge in [0.15, 0.2) is 0 Å². The first kappa shape index (κ1) is 15.1. The van der Waals surface area contributed by atoms with Gasteiger partial charge in [0, 0.05) is 5.39 Å². The van der Waals surface area contributed by atoms with E-state index in [1.165, 1.54) is 0 Å². The van der Waals surface area contributed by atoms with Gasteiger partial charge in [-0.3, -0.25) is 9.69 Å². The molecule has 3 aromatic rings. The number of quaternary nitrogens is 1. The van der Waals surface area contributed by atoms with E-state index in [1.54, 1.807) is 6.33 Å². The average Bonchev–Trinajstić information content (AvgIpc) is 3.01. The van der Waals surface area contributed by atoms with Crippen LogP contribution in [0.3, 0.4) is 0 Å². The van der Waals surface area contributed by atoms with E-state index in [1.807, 2.05) is 31.2 Å². The molecule has 1 aliphatic heterocycles. The number of piperidine rings is 1. The van der Waals surface area contributed by atoms with Crippen LogP contribution in [0.4, 0.5) is 5.82 Å². The van der Waals surface area contributed by atoms with Crippen molar-refractivity contribution in [2.75, 3.05) is 19.7 Å². The van der Waals surface area contributed by atoms with Crippen LogP contribution in [-0.4, -0.2) is 35.6 Å². The highest BCUT2D eigenvalue weighted by Gasteiger charge is 2.33. The second-order valence-electron chi connectivity index (χ2n) is 6.15. The Bertz CT molecular complexity index is 889. The van der Waals surface area contributed by atoms with Gasteiger partial charge >= 0.3 is 5.97 Å². The molecule has 3 heterocycles. The number of furan rings is 1. The third-order valence-corrected chi connectivity index (χ3v) is 4.64. The molecule has 1 aliphatic rings. The number of rotatable bonds is 3. The number of esters is 1. The van der Waals surface area contributed by atoms with Gasteiger partial charge in [0.2, 0.25) is 5.58 Å². The summed E-state index contributed by atoms with van der Waals surface area (Å²) in [7, 11) is 0. The molecule has 1 aromatic carbocycles. The van der Waals surface area contributed by atoms with E-state index in [-0.39, 0.29) is 11.9 Å². The number of para-hydroxylation sites is 1. The Hall–Kier alpha value is -2.47. The molecule has 0 radical (unpaired) electrons. The lowest BCUT2D eigenvalue weighted by Crippen LogP contribution is -3.09. The van der Waals surface area contributed by atoms with Crippen molar-refractivity contribution in [3.63, 3.8) is 0 Å². The van der Waals surface area contributed by atoms with Crippen LogP contribution in [-0.2, 0) is 9.53 Å². The largest absolute Gasteiger partial charge is 0.466 e. The normalized spacial score (nSPS) is 21.2. The highest BCUT2D eigenvalue weighted by molar-refractivity contribution is 6.04. The molecule has 4 rings (SSSR count). The first-order valence-corrected chi connectivity index (χ1v) is 8.42. The van der Waals surface area contributed by atoms with Crippen LogP contribution in [0.5, 0.6) is 0 Å². The number of fused-ring (bicyclic) bond motifs is 3. The van der Waals surface area contributed by atoms with Gasteiger partial charge in [-0.2, -0.15) is 4.98 Å². The molecule has 2 aromatic heterocycles. The van der Waals surface area contributed by atoms with Crippen molar-refractivity contribution in [2.24, 2.45) is 5.92 Å². The molecule has 1 fully saturated rings. The molecule has 0 amide bonds. The molecule has 2 unspecified atom stereocenters. The summed E-state index contributed by atoms with van der Waals surface area (Å²) < 4.78 is 11.2. The Morgan fingerprint density at radius 2 is 2.25 bits per heavy atom. The number of hydrogen-bond acceptors (Lipinski definition) is 5. The molecule has 6 heteroatoms. The number of ether oxygens (including phenoxy) is 1. The summed E-state index contributed by atoms with van der Waals surface area (Å²) in [5.74, 6) is 0.651. The second-order valence-corrected chi connectivity index (χ2v) is 6.15. The zero-order chi connectivity index (χ0) is 16.5. The first-order valence-electron chi connectivity index (χ1n) is 8.42. The summed E-state index contributed by atoms with van der Waals surface area (Å²) in [6, 6.07) is 7.87. The standard InChI is InChI=1S/C18H19N3O3/c1-2-23-18(22)12-6-5-9-21(10-12)17-16-15(19-11-20-17)13-7-3-4-8-14(13)24-16/h3-4,7-8,11-12H,2,5-6,9-10H2,1H3/p+1. The molecular formula is C18H20N3O3+. The van der Waals surface area contributed by atoms with E-state index in [0.717, 1.165) is 52.2 Å². The molecule has 0 bridgehead atoms. The average molecular weight is 326 g/mol. The fourth-order valence-corrected chi connectivity index (χ4v) is 3.52. The molecule has 0 saturated carbocycles. The van der Waals surface area contributed by atoms with E-state index in [0.29, 0.717) is 13.2 Å². The maximum atomic E-state index is 12.1. The van der Waals surface area contributed by atoms with Crippen molar-refractivity contribution in [1.82, 2.24) is 9.97 Å². The minimum Gasteiger partial charge on any atom is -0.466 e. The Labute approximate surface area is 139 Å². The van der Waals surface area contributed by atoms with Crippen LogP contribution >= 0.6 is 0 Å². The van der Waals surface area contributed by atoms with Crippen molar-refractivity contribution >= 4 is 33.9 Å². The number of carbonyl (C=O) groups excluding carboxylic acids is 1. The smallest absolute Gasteiger partial charge is 0.314 e. The highest BCUT2D eigenvalue weighted by Crippen LogP contribution is 2.29. The van der Waals surface area contributed by atoms with E-state index >= 15 is 0 Å². The number of hydrogen-bond donors (Lipinski definition) is 1. The molecule has 2 atom stereocenters. The Kier molecular flexibility index (Phi) is 3.90. The van der Waals surface area contributed by atoms with E-state index in [9.17, 15) is 4.79 Å². The van der Waals surface area contributed by atoms with Crippen LogP contribution in [0.2, 0.25) is 0 Å². The minimum atomic E-state index is -0.107. The summed E-state index contributed by atoms with van der Waals surface area (Å²) >= 11 is 0. The molecule has 124 valence electrons. The predicted molar refractivity (Wildman–Crippen MR) is 89.0 cm³/mol. The van der Waals surface area contributed by atoms with Gasteiger partial charge in [0.25, 0.3) is 5.82 Å². The van der Waals surface area contributed by atoms with Gasteiger partial charge in [-0.05, 0) is 31.9 Å². The van der Waals surface area contributed by atoms with Crippen molar-refractivity contribution < 1.29 is 18.8 Å². The zero-order valence-corrected chi connectivity index (χ0v) is 13.6. The first-order chi connectivity index (χ1) is 11.8. The molecule has 1 N–H and O–H groups in total. The topological polar surface area (TPSA) is 69.7 Å². The van der Waals surface area contributed by atoms with Crippen LogP contribution in [0.15, 0.2) is 35.0 Å². The second kappa shape index (κ2) is 6.20. The summed E-state index contributed by atoms with van der Waals surface area (Å²) in [4.78, 5) is 22.1. The minimum absolute atomic E-state index is 0.0805. The molecule has 6 nitrogen and oxygen atoms in total. The molecular weight excluding hydrogens is 306 g/mol. The van der Waals surface area contributed by atoms with Crippen molar-refractivity contribution in [3.8, 4) is 0 Å².